The Morgan fingerprint density at radius 3 is 2.29 bits per heavy atom. The van der Waals surface area contributed by atoms with Gasteiger partial charge in [0.1, 0.15) is 0 Å². The van der Waals surface area contributed by atoms with Crippen molar-refractivity contribution in [3.63, 3.8) is 0 Å². The number of rotatable bonds is 6. The highest BCUT2D eigenvalue weighted by Crippen LogP contribution is 1.99. The molecule has 0 heterocycles. The summed E-state index contributed by atoms with van der Waals surface area (Å²) in [6.07, 6.45) is 0. The van der Waals surface area contributed by atoms with E-state index in [1.165, 1.54) is 0 Å². The molecule has 14 heavy (non-hydrogen) atoms. The molecule has 0 radical (unpaired) electrons. The molecule has 2 atom stereocenters. The fourth-order valence-electron chi connectivity index (χ4n) is 1.04. The summed E-state index contributed by atoms with van der Waals surface area (Å²) in [6, 6.07) is -0.281. The molecule has 0 saturated heterocycles. The number of carbonyl (C=O) groups excluding carboxylic acids is 1. The quantitative estimate of drug-likeness (QED) is 0.448. The van der Waals surface area contributed by atoms with E-state index >= 15 is 0 Å². The second-order valence-corrected chi connectivity index (χ2v) is 3.72. The molecule has 0 aromatic carbocycles. The number of nitrogens with one attached hydrogen (secondary N) is 3. The van der Waals surface area contributed by atoms with E-state index in [1.807, 2.05) is 13.8 Å². The van der Waals surface area contributed by atoms with Crippen LogP contribution < -0.4 is 16.1 Å². The first kappa shape index (κ1) is 13.4. The molecule has 0 aliphatic heterocycles. The minimum Gasteiger partial charge on any atom is -0.358 e. The lowest BCUT2D eigenvalue weighted by molar-refractivity contribution is -0.122. The van der Waals surface area contributed by atoms with Gasteiger partial charge in [-0.15, -0.1) is 0 Å². The zero-order valence-electron chi connectivity index (χ0n) is 9.29. The Balaban J connectivity index is 3.85. The molecular formula is C9H21N3O2. The van der Waals surface area contributed by atoms with E-state index in [0.29, 0.717) is 12.5 Å². The maximum Gasteiger partial charge on any atom is 0.236 e. The van der Waals surface area contributed by atoms with E-state index in [0.717, 1.165) is 0 Å². The third-order valence-corrected chi connectivity index (χ3v) is 2.25. The Morgan fingerprint density at radius 1 is 1.36 bits per heavy atom. The van der Waals surface area contributed by atoms with Crippen LogP contribution in [0.5, 0.6) is 0 Å². The number of amides is 1. The summed E-state index contributed by atoms with van der Waals surface area (Å²) in [5, 5.41) is 14.4. The monoisotopic (exact) mass is 203 g/mol. The first-order valence-corrected chi connectivity index (χ1v) is 4.87. The molecule has 0 fully saturated rings. The number of hydrogen-bond acceptors (Lipinski definition) is 4. The summed E-state index contributed by atoms with van der Waals surface area (Å²) >= 11 is 0. The minimum atomic E-state index is -0.241. The van der Waals surface area contributed by atoms with E-state index in [2.05, 4.69) is 16.1 Å². The van der Waals surface area contributed by atoms with Crippen molar-refractivity contribution in [3.8, 4) is 0 Å². The van der Waals surface area contributed by atoms with E-state index in [4.69, 9.17) is 5.21 Å². The van der Waals surface area contributed by atoms with Crippen LogP contribution in [0, 0.1) is 5.92 Å². The second-order valence-electron chi connectivity index (χ2n) is 3.72. The predicted molar refractivity (Wildman–Crippen MR) is 55.1 cm³/mol. The van der Waals surface area contributed by atoms with Crippen LogP contribution in [0.1, 0.15) is 20.8 Å². The van der Waals surface area contributed by atoms with Crippen LogP contribution in [0.25, 0.3) is 0 Å². The molecule has 0 unspecified atom stereocenters. The molecular weight excluding hydrogens is 182 g/mol. The molecule has 4 N–H and O–H groups in total. The van der Waals surface area contributed by atoms with E-state index in [1.54, 1.807) is 14.0 Å². The molecule has 1 amide bonds. The molecule has 0 aromatic heterocycles. The summed E-state index contributed by atoms with van der Waals surface area (Å²) in [5.41, 5.74) is 2.22. The van der Waals surface area contributed by atoms with E-state index < -0.39 is 0 Å². The fourth-order valence-corrected chi connectivity index (χ4v) is 1.04. The Hall–Kier alpha value is -0.650. The molecule has 0 bridgehead atoms. The van der Waals surface area contributed by atoms with Crippen LogP contribution in [0.4, 0.5) is 0 Å². The second kappa shape index (κ2) is 6.75. The Kier molecular flexibility index (Phi) is 6.44. The average Bonchev–Trinajstić information content (AvgIpc) is 2.16. The lowest BCUT2D eigenvalue weighted by atomic mass is 10.1. The van der Waals surface area contributed by atoms with Crippen molar-refractivity contribution in [2.24, 2.45) is 5.92 Å². The minimum absolute atomic E-state index is 0.0397. The zero-order chi connectivity index (χ0) is 11.1. The van der Waals surface area contributed by atoms with Gasteiger partial charge in [-0.3, -0.25) is 4.79 Å². The molecule has 0 saturated carbocycles. The first-order chi connectivity index (χ1) is 6.52. The van der Waals surface area contributed by atoms with Gasteiger partial charge >= 0.3 is 0 Å². The summed E-state index contributed by atoms with van der Waals surface area (Å²) < 4.78 is 0. The molecule has 84 valence electrons. The van der Waals surface area contributed by atoms with Gasteiger partial charge in [0.25, 0.3) is 0 Å². The summed E-state index contributed by atoms with van der Waals surface area (Å²) in [6.45, 7) is 6.34. The van der Waals surface area contributed by atoms with Crippen molar-refractivity contribution < 1.29 is 10.0 Å². The van der Waals surface area contributed by atoms with Gasteiger partial charge in [0.05, 0.1) is 6.04 Å². The van der Waals surface area contributed by atoms with Crippen molar-refractivity contribution in [2.75, 3.05) is 13.6 Å². The SMILES string of the molecule is CNC(=O)[C@H](C)NC[C@@H](NO)C(C)C. The highest BCUT2D eigenvalue weighted by Gasteiger charge is 2.15. The molecule has 5 heteroatoms. The third kappa shape index (κ3) is 4.55. The van der Waals surface area contributed by atoms with Gasteiger partial charge in [-0.05, 0) is 12.8 Å². The lowest BCUT2D eigenvalue weighted by Crippen LogP contribution is -2.48. The molecule has 0 rings (SSSR count). The zero-order valence-corrected chi connectivity index (χ0v) is 9.29. The predicted octanol–water partition coefficient (Wildman–Crippen LogP) is -0.286. The molecule has 0 aliphatic carbocycles. The van der Waals surface area contributed by atoms with E-state index in [-0.39, 0.29) is 18.0 Å². The van der Waals surface area contributed by atoms with Gasteiger partial charge < -0.3 is 15.8 Å². The van der Waals surface area contributed by atoms with Gasteiger partial charge in [-0.2, -0.15) is 0 Å². The van der Waals surface area contributed by atoms with Crippen LogP contribution in [0.2, 0.25) is 0 Å². The average molecular weight is 203 g/mol. The Bertz CT molecular complexity index is 173. The van der Waals surface area contributed by atoms with Crippen molar-refractivity contribution in [3.05, 3.63) is 0 Å². The van der Waals surface area contributed by atoms with Crippen molar-refractivity contribution in [1.82, 2.24) is 16.1 Å². The number of hydrogen-bond donors (Lipinski definition) is 4. The van der Waals surface area contributed by atoms with Crippen LogP contribution in [0.15, 0.2) is 0 Å². The van der Waals surface area contributed by atoms with Gasteiger partial charge in [0, 0.05) is 19.6 Å². The van der Waals surface area contributed by atoms with Gasteiger partial charge in [0.15, 0.2) is 0 Å². The topological polar surface area (TPSA) is 73.4 Å². The Morgan fingerprint density at radius 2 is 1.93 bits per heavy atom. The van der Waals surface area contributed by atoms with Crippen molar-refractivity contribution in [2.45, 2.75) is 32.9 Å². The van der Waals surface area contributed by atoms with Gasteiger partial charge in [0.2, 0.25) is 5.91 Å². The third-order valence-electron chi connectivity index (χ3n) is 2.25. The summed E-state index contributed by atoms with van der Waals surface area (Å²) in [7, 11) is 1.60. The normalized spacial score (nSPS) is 15.3. The van der Waals surface area contributed by atoms with Crippen LogP contribution in [-0.2, 0) is 4.79 Å². The largest absolute Gasteiger partial charge is 0.358 e. The maximum absolute atomic E-state index is 11.1. The number of carbonyl (C=O) groups is 1. The van der Waals surface area contributed by atoms with Crippen molar-refractivity contribution >= 4 is 5.91 Å². The van der Waals surface area contributed by atoms with Crippen LogP contribution in [-0.4, -0.2) is 36.8 Å². The fraction of sp³-hybridized carbons (Fsp3) is 0.889. The summed E-state index contributed by atoms with van der Waals surface area (Å²) in [5.74, 6) is 0.259. The molecule has 0 spiro atoms. The summed E-state index contributed by atoms with van der Waals surface area (Å²) in [4.78, 5) is 11.1. The molecule has 0 aromatic rings. The lowest BCUT2D eigenvalue weighted by Gasteiger charge is -2.21. The van der Waals surface area contributed by atoms with Crippen LogP contribution >= 0.6 is 0 Å². The van der Waals surface area contributed by atoms with Gasteiger partial charge in [-0.25, -0.2) is 5.48 Å². The van der Waals surface area contributed by atoms with Crippen molar-refractivity contribution in [1.29, 1.82) is 0 Å². The Labute approximate surface area is 85.2 Å². The number of likely N-dealkylation sites (N-methyl/N-ethyl adjacent to an activating group) is 1. The maximum atomic E-state index is 11.1. The standard InChI is InChI=1S/C9H21N3O2/c1-6(2)8(12-14)5-11-7(3)9(13)10-4/h6-8,11-12,14H,5H2,1-4H3,(H,10,13)/t7-,8+/m0/s1. The molecule has 5 nitrogen and oxygen atoms in total. The highest BCUT2D eigenvalue weighted by atomic mass is 16.5. The smallest absolute Gasteiger partial charge is 0.236 e. The van der Waals surface area contributed by atoms with Crippen LogP contribution in [0.3, 0.4) is 0 Å². The van der Waals surface area contributed by atoms with Gasteiger partial charge in [-0.1, -0.05) is 13.8 Å². The highest BCUT2D eigenvalue weighted by molar-refractivity contribution is 5.80. The number of hydroxylamine groups is 1. The van der Waals surface area contributed by atoms with E-state index in [9.17, 15) is 4.79 Å². The molecule has 0 aliphatic rings. The first-order valence-electron chi connectivity index (χ1n) is 4.87.